The monoisotopic (exact) mass is 378 g/mol. The molecule has 3 aromatic heterocycles. The van der Waals surface area contributed by atoms with Gasteiger partial charge in [-0.3, -0.25) is 10.1 Å². The zero-order chi connectivity index (χ0) is 19.3. The Morgan fingerprint density at radius 1 is 1.14 bits per heavy atom. The fourth-order valence-electron chi connectivity index (χ4n) is 3.56. The molecule has 0 atom stereocenters. The van der Waals surface area contributed by atoms with Crippen molar-refractivity contribution in [2.45, 2.75) is 39.2 Å². The van der Waals surface area contributed by atoms with Crippen molar-refractivity contribution < 1.29 is 0 Å². The number of pyridine rings is 1. The summed E-state index contributed by atoms with van der Waals surface area (Å²) in [5.41, 5.74) is 2.99. The molecular formula is C20H26N8. The van der Waals surface area contributed by atoms with Crippen molar-refractivity contribution in [2.75, 3.05) is 24.5 Å². The third-order valence-electron chi connectivity index (χ3n) is 4.99. The second-order valence-corrected chi connectivity index (χ2v) is 7.26. The van der Waals surface area contributed by atoms with Gasteiger partial charge in [0.1, 0.15) is 5.82 Å². The SMILES string of the molecule is Cc1cc(C)nc(N2CCC(NCCc3nc(-c4cccnc4)n[nH]3)CC2)n1. The van der Waals surface area contributed by atoms with E-state index in [1.807, 2.05) is 32.0 Å². The highest BCUT2D eigenvalue weighted by atomic mass is 15.3. The van der Waals surface area contributed by atoms with E-state index >= 15 is 0 Å². The number of H-pyrrole nitrogens is 1. The fourth-order valence-corrected chi connectivity index (χ4v) is 3.56. The van der Waals surface area contributed by atoms with Crippen LogP contribution >= 0.6 is 0 Å². The van der Waals surface area contributed by atoms with Gasteiger partial charge in [0.15, 0.2) is 5.82 Å². The molecule has 3 aromatic rings. The largest absolute Gasteiger partial charge is 0.341 e. The Morgan fingerprint density at radius 2 is 1.93 bits per heavy atom. The zero-order valence-corrected chi connectivity index (χ0v) is 16.4. The molecule has 8 heteroatoms. The van der Waals surface area contributed by atoms with Crippen LogP contribution in [0.4, 0.5) is 5.95 Å². The third-order valence-corrected chi connectivity index (χ3v) is 4.99. The zero-order valence-electron chi connectivity index (χ0n) is 16.4. The number of anilines is 1. The lowest BCUT2D eigenvalue weighted by molar-refractivity contribution is 0.413. The maximum absolute atomic E-state index is 4.58. The van der Waals surface area contributed by atoms with Gasteiger partial charge in [-0.25, -0.2) is 15.0 Å². The number of aromatic amines is 1. The molecule has 1 aliphatic heterocycles. The number of aryl methyl sites for hydroxylation is 2. The molecule has 146 valence electrons. The molecule has 0 saturated carbocycles. The van der Waals surface area contributed by atoms with Gasteiger partial charge < -0.3 is 10.2 Å². The van der Waals surface area contributed by atoms with Crippen molar-refractivity contribution in [3.05, 3.63) is 47.8 Å². The molecule has 4 rings (SSSR count). The van der Waals surface area contributed by atoms with E-state index < -0.39 is 0 Å². The van der Waals surface area contributed by atoms with Gasteiger partial charge >= 0.3 is 0 Å². The Hall–Kier alpha value is -2.87. The molecule has 0 unspecified atom stereocenters. The number of hydrogen-bond donors (Lipinski definition) is 2. The topological polar surface area (TPSA) is 95.5 Å². The van der Waals surface area contributed by atoms with E-state index in [2.05, 4.69) is 40.3 Å². The first-order valence-corrected chi connectivity index (χ1v) is 9.79. The maximum Gasteiger partial charge on any atom is 0.225 e. The van der Waals surface area contributed by atoms with Crippen LogP contribution in [-0.2, 0) is 6.42 Å². The molecule has 0 bridgehead atoms. The Labute approximate surface area is 164 Å². The average molecular weight is 378 g/mol. The van der Waals surface area contributed by atoms with Gasteiger partial charge in [-0.1, -0.05) is 0 Å². The Morgan fingerprint density at radius 3 is 2.64 bits per heavy atom. The second-order valence-electron chi connectivity index (χ2n) is 7.26. The highest BCUT2D eigenvalue weighted by Gasteiger charge is 2.21. The van der Waals surface area contributed by atoms with Crippen LogP contribution in [0.2, 0.25) is 0 Å². The Kier molecular flexibility index (Phi) is 5.57. The van der Waals surface area contributed by atoms with Crippen molar-refractivity contribution in [1.82, 2.24) is 35.5 Å². The molecule has 0 aliphatic carbocycles. The molecular weight excluding hydrogens is 352 g/mol. The van der Waals surface area contributed by atoms with E-state index in [-0.39, 0.29) is 0 Å². The average Bonchev–Trinajstić information content (AvgIpc) is 3.17. The molecule has 28 heavy (non-hydrogen) atoms. The third kappa shape index (κ3) is 4.51. The lowest BCUT2D eigenvalue weighted by Gasteiger charge is -2.32. The summed E-state index contributed by atoms with van der Waals surface area (Å²) >= 11 is 0. The van der Waals surface area contributed by atoms with Crippen LogP contribution in [0, 0.1) is 13.8 Å². The molecule has 1 saturated heterocycles. The standard InChI is InChI=1S/C20H26N8/c1-14-12-15(2)24-20(23-14)28-10-6-17(7-11-28)22-9-5-18-25-19(27-26-18)16-4-3-8-21-13-16/h3-4,8,12-13,17,22H,5-7,9-11H2,1-2H3,(H,25,26,27). The first kappa shape index (κ1) is 18.5. The summed E-state index contributed by atoms with van der Waals surface area (Å²) in [5.74, 6) is 2.46. The number of aromatic nitrogens is 6. The van der Waals surface area contributed by atoms with Crippen molar-refractivity contribution in [2.24, 2.45) is 0 Å². The maximum atomic E-state index is 4.58. The molecule has 8 nitrogen and oxygen atoms in total. The van der Waals surface area contributed by atoms with Crippen LogP contribution in [0.1, 0.15) is 30.1 Å². The normalized spacial score (nSPS) is 15.1. The summed E-state index contributed by atoms with van der Waals surface area (Å²) in [6.45, 7) is 6.89. The highest BCUT2D eigenvalue weighted by molar-refractivity contribution is 5.52. The van der Waals surface area contributed by atoms with Crippen LogP contribution in [0.25, 0.3) is 11.4 Å². The molecule has 0 spiro atoms. The van der Waals surface area contributed by atoms with Crippen LogP contribution in [0.3, 0.4) is 0 Å². The van der Waals surface area contributed by atoms with E-state index in [4.69, 9.17) is 0 Å². The molecule has 0 aromatic carbocycles. The van der Waals surface area contributed by atoms with Crippen molar-refractivity contribution in [3.8, 4) is 11.4 Å². The number of nitrogens with zero attached hydrogens (tertiary/aromatic N) is 6. The fraction of sp³-hybridized carbons (Fsp3) is 0.450. The number of rotatable bonds is 6. The first-order chi connectivity index (χ1) is 13.7. The molecule has 1 aliphatic rings. The lowest BCUT2D eigenvalue weighted by atomic mass is 10.1. The van der Waals surface area contributed by atoms with Crippen LogP contribution in [0.15, 0.2) is 30.6 Å². The van der Waals surface area contributed by atoms with Gasteiger partial charge in [0, 0.05) is 61.4 Å². The Balaban J connectivity index is 1.23. The summed E-state index contributed by atoms with van der Waals surface area (Å²) in [6, 6.07) is 6.39. The lowest BCUT2D eigenvalue weighted by Crippen LogP contribution is -2.43. The quantitative estimate of drug-likeness (QED) is 0.678. The minimum absolute atomic E-state index is 0.517. The van der Waals surface area contributed by atoms with E-state index in [0.717, 1.165) is 67.6 Å². The van der Waals surface area contributed by atoms with Crippen LogP contribution in [0.5, 0.6) is 0 Å². The van der Waals surface area contributed by atoms with E-state index in [9.17, 15) is 0 Å². The predicted molar refractivity (Wildman–Crippen MR) is 108 cm³/mol. The van der Waals surface area contributed by atoms with Gasteiger partial charge in [-0.2, -0.15) is 5.10 Å². The minimum atomic E-state index is 0.517. The van der Waals surface area contributed by atoms with Gasteiger partial charge in [-0.05, 0) is 44.9 Å². The molecule has 0 radical (unpaired) electrons. The minimum Gasteiger partial charge on any atom is -0.341 e. The number of piperidine rings is 1. The van der Waals surface area contributed by atoms with E-state index in [0.29, 0.717) is 11.9 Å². The van der Waals surface area contributed by atoms with Crippen molar-refractivity contribution in [1.29, 1.82) is 0 Å². The van der Waals surface area contributed by atoms with Crippen molar-refractivity contribution in [3.63, 3.8) is 0 Å². The molecule has 0 amide bonds. The smallest absolute Gasteiger partial charge is 0.225 e. The van der Waals surface area contributed by atoms with Gasteiger partial charge in [-0.15, -0.1) is 0 Å². The van der Waals surface area contributed by atoms with Crippen LogP contribution in [-0.4, -0.2) is 55.8 Å². The highest BCUT2D eigenvalue weighted by Crippen LogP contribution is 2.17. The van der Waals surface area contributed by atoms with Crippen LogP contribution < -0.4 is 10.2 Å². The first-order valence-electron chi connectivity index (χ1n) is 9.79. The van der Waals surface area contributed by atoms with Gasteiger partial charge in [0.2, 0.25) is 5.95 Å². The molecule has 2 N–H and O–H groups in total. The molecule has 1 fully saturated rings. The van der Waals surface area contributed by atoms with E-state index in [1.165, 1.54) is 0 Å². The number of hydrogen-bond acceptors (Lipinski definition) is 7. The predicted octanol–water partition coefficient (Wildman–Crippen LogP) is 2.07. The summed E-state index contributed by atoms with van der Waals surface area (Å²) in [4.78, 5) is 20.1. The second kappa shape index (κ2) is 8.43. The summed E-state index contributed by atoms with van der Waals surface area (Å²) in [5, 5.41) is 11.0. The van der Waals surface area contributed by atoms with E-state index in [1.54, 1.807) is 12.4 Å². The van der Waals surface area contributed by atoms with Gasteiger partial charge in [0.25, 0.3) is 0 Å². The summed E-state index contributed by atoms with van der Waals surface area (Å²) < 4.78 is 0. The summed E-state index contributed by atoms with van der Waals surface area (Å²) in [7, 11) is 0. The van der Waals surface area contributed by atoms with Gasteiger partial charge in [0.05, 0.1) is 0 Å². The van der Waals surface area contributed by atoms with Crippen molar-refractivity contribution >= 4 is 5.95 Å². The number of nitrogens with one attached hydrogen (secondary N) is 2. The summed E-state index contributed by atoms with van der Waals surface area (Å²) in [6.07, 6.45) is 6.53. The Bertz CT molecular complexity index is 879. The molecule has 4 heterocycles.